The summed E-state index contributed by atoms with van der Waals surface area (Å²) in [5.74, 6) is 1.14. The molecule has 0 aliphatic carbocycles. The van der Waals surface area contributed by atoms with Crippen molar-refractivity contribution < 1.29 is 0 Å². The molecule has 0 bridgehead atoms. The number of nitriles is 1. The lowest BCUT2D eigenvalue weighted by molar-refractivity contribution is 0.644. The minimum atomic E-state index is -0.0320. The van der Waals surface area contributed by atoms with Gasteiger partial charge in [-0.1, -0.05) is 30.3 Å². The average Bonchev–Trinajstić information content (AvgIpc) is 2.35. The molecule has 0 radical (unpaired) electrons. The number of hydrogen-bond acceptors (Lipinski definition) is 3. The molecule has 0 aliphatic heterocycles. The molecule has 1 aromatic rings. The molecule has 86 valence electrons. The van der Waals surface area contributed by atoms with Crippen LogP contribution in [0.4, 0.5) is 0 Å². The lowest BCUT2D eigenvalue weighted by Gasteiger charge is -2.10. The van der Waals surface area contributed by atoms with E-state index in [1.165, 1.54) is 5.75 Å². The van der Waals surface area contributed by atoms with Gasteiger partial charge < -0.3 is 5.32 Å². The molecular formula is C13H18N2S. The molecule has 0 amide bonds. The van der Waals surface area contributed by atoms with Crippen molar-refractivity contribution in [2.45, 2.75) is 12.3 Å². The molecule has 0 fully saturated rings. The molecule has 1 rings (SSSR count). The first kappa shape index (κ1) is 13.1. The first-order valence-electron chi connectivity index (χ1n) is 5.52. The van der Waals surface area contributed by atoms with E-state index >= 15 is 0 Å². The predicted molar refractivity (Wildman–Crippen MR) is 70.7 cm³/mol. The van der Waals surface area contributed by atoms with E-state index in [-0.39, 0.29) is 5.92 Å². The summed E-state index contributed by atoms with van der Waals surface area (Å²) in [6, 6.07) is 12.3. The van der Waals surface area contributed by atoms with Gasteiger partial charge in [-0.2, -0.15) is 17.0 Å². The number of hydrogen-bond donors (Lipinski definition) is 1. The van der Waals surface area contributed by atoms with Crippen LogP contribution in [0.15, 0.2) is 30.3 Å². The van der Waals surface area contributed by atoms with Crippen LogP contribution in [0.25, 0.3) is 0 Å². The van der Waals surface area contributed by atoms with Crippen LogP contribution in [-0.2, 0) is 0 Å². The molecule has 16 heavy (non-hydrogen) atoms. The smallest absolute Gasteiger partial charge is 0.0837 e. The highest BCUT2D eigenvalue weighted by molar-refractivity contribution is 7.98. The summed E-state index contributed by atoms with van der Waals surface area (Å²) in [5.41, 5.74) is 1.10. The van der Waals surface area contributed by atoms with Gasteiger partial charge >= 0.3 is 0 Å². The zero-order valence-electron chi connectivity index (χ0n) is 9.65. The fourth-order valence-corrected chi connectivity index (χ4v) is 1.94. The molecule has 1 atom stereocenters. The molecule has 0 spiro atoms. The van der Waals surface area contributed by atoms with Crippen molar-refractivity contribution in [3.8, 4) is 6.07 Å². The maximum absolute atomic E-state index is 9.09. The van der Waals surface area contributed by atoms with Crippen LogP contribution in [0, 0.1) is 11.3 Å². The van der Waals surface area contributed by atoms with Crippen molar-refractivity contribution in [1.82, 2.24) is 5.32 Å². The molecule has 0 saturated heterocycles. The Hall–Kier alpha value is -0.980. The third kappa shape index (κ3) is 4.69. The first-order valence-corrected chi connectivity index (χ1v) is 6.92. The van der Waals surface area contributed by atoms with Gasteiger partial charge in [0.1, 0.15) is 0 Å². The molecule has 1 N–H and O–H groups in total. The Kier molecular flexibility index (Phi) is 6.71. The van der Waals surface area contributed by atoms with Gasteiger partial charge in [-0.3, -0.25) is 0 Å². The van der Waals surface area contributed by atoms with Crippen molar-refractivity contribution >= 4 is 11.8 Å². The molecule has 0 heterocycles. The minimum absolute atomic E-state index is 0.0320. The minimum Gasteiger partial charge on any atom is -0.315 e. The molecule has 0 aromatic heterocycles. The van der Waals surface area contributed by atoms with E-state index in [1.54, 1.807) is 0 Å². The van der Waals surface area contributed by atoms with Crippen LogP contribution in [0.2, 0.25) is 0 Å². The summed E-state index contributed by atoms with van der Waals surface area (Å²) < 4.78 is 0. The summed E-state index contributed by atoms with van der Waals surface area (Å²) in [6.07, 6.45) is 3.27. The Morgan fingerprint density at radius 3 is 2.75 bits per heavy atom. The van der Waals surface area contributed by atoms with Crippen LogP contribution in [-0.4, -0.2) is 25.1 Å². The molecule has 1 aromatic carbocycles. The molecule has 3 heteroatoms. The van der Waals surface area contributed by atoms with Gasteiger partial charge in [-0.25, -0.2) is 0 Å². The standard InChI is InChI=1S/C13H18N2S/c1-16-9-5-8-15-11-13(10-14)12-6-3-2-4-7-12/h2-4,6-7,13,15H,5,8-9,11H2,1H3. The van der Waals surface area contributed by atoms with Crippen molar-refractivity contribution in [3.05, 3.63) is 35.9 Å². The summed E-state index contributed by atoms with van der Waals surface area (Å²) in [7, 11) is 0. The zero-order chi connectivity index (χ0) is 11.6. The lowest BCUT2D eigenvalue weighted by Crippen LogP contribution is -2.22. The van der Waals surface area contributed by atoms with Crippen molar-refractivity contribution in [2.24, 2.45) is 0 Å². The Bertz CT molecular complexity index is 318. The fourth-order valence-electron chi connectivity index (χ4n) is 1.51. The monoisotopic (exact) mass is 234 g/mol. The van der Waals surface area contributed by atoms with E-state index in [2.05, 4.69) is 17.6 Å². The predicted octanol–water partition coefficient (Wildman–Crippen LogP) is 2.64. The highest BCUT2D eigenvalue weighted by atomic mass is 32.2. The number of nitrogens with one attached hydrogen (secondary N) is 1. The van der Waals surface area contributed by atoms with E-state index in [9.17, 15) is 0 Å². The molecular weight excluding hydrogens is 216 g/mol. The first-order chi connectivity index (χ1) is 7.88. The van der Waals surface area contributed by atoms with Crippen LogP contribution < -0.4 is 5.32 Å². The number of thioether (sulfide) groups is 1. The summed E-state index contributed by atoms with van der Waals surface area (Å²) in [6.45, 7) is 1.74. The van der Waals surface area contributed by atoms with E-state index in [0.717, 1.165) is 25.1 Å². The SMILES string of the molecule is CSCCCNCC(C#N)c1ccccc1. The third-order valence-electron chi connectivity index (χ3n) is 2.41. The Labute approximate surface area is 102 Å². The van der Waals surface area contributed by atoms with Gasteiger partial charge in [0.05, 0.1) is 12.0 Å². The maximum Gasteiger partial charge on any atom is 0.0837 e. The highest BCUT2D eigenvalue weighted by Crippen LogP contribution is 2.12. The van der Waals surface area contributed by atoms with Crippen molar-refractivity contribution in [3.63, 3.8) is 0 Å². The summed E-state index contributed by atoms with van der Waals surface area (Å²) in [4.78, 5) is 0. The van der Waals surface area contributed by atoms with Gasteiger partial charge in [0.25, 0.3) is 0 Å². The largest absolute Gasteiger partial charge is 0.315 e. The maximum atomic E-state index is 9.09. The molecule has 1 unspecified atom stereocenters. The average molecular weight is 234 g/mol. The lowest BCUT2D eigenvalue weighted by atomic mass is 10.0. The highest BCUT2D eigenvalue weighted by Gasteiger charge is 2.08. The van der Waals surface area contributed by atoms with Gasteiger partial charge in [0.15, 0.2) is 0 Å². The number of benzene rings is 1. The van der Waals surface area contributed by atoms with Gasteiger partial charge in [0.2, 0.25) is 0 Å². The van der Waals surface area contributed by atoms with Crippen LogP contribution >= 0.6 is 11.8 Å². The molecule has 0 saturated carbocycles. The quantitative estimate of drug-likeness (QED) is 0.737. The molecule has 0 aliphatic rings. The second kappa shape index (κ2) is 8.20. The topological polar surface area (TPSA) is 35.8 Å². The normalized spacial score (nSPS) is 12.0. The summed E-state index contributed by atoms with van der Waals surface area (Å²) >= 11 is 1.86. The second-order valence-electron chi connectivity index (χ2n) is 3.64. The van der Waals surface area contributed by atoms with Crippen LogP contribution in [0.5, 0.6) is 0 Å². The fraction of sp³-hybridized carbons (Fsp3) is 0.462. The van der Waals surface area contributed by atoms with Gasteiger partial charge in [0, 0.05) is 6.54 Å². The van der Waals surface area contributed by atoms with Crippen LogP contribution in [0.3, 0.4) is 0 Å². The Morgan fingerprint density at radius 2 is 2.12 bits per heavy atom. The van der Waals surface area contributed by atoms with E-state index < -0.39 is 0 Å². The summed E-state index contributed by atoms with van der Waals surface area (Å²) in [5, 5.41) is 12.4. The van der Waals surface area contributed by atoms with Crippen molar-refractivity contribution in [1.29, 1.82) is 5.26 Å². The Morgan fingerprint density at radius 1 is 1.38 bits per heavy atom. The Balaban J connectivity index is 2.31. The second-order valence-corrected chi connectivity index (χ2v) is 4.63. The van der Waals surface area contributed by atoms with E-state index in [0.29, 0.717) is 0 Å². The molecule has 2 nitrogen and oxygen atoms in total. The third-order valence-corrected chi connectivity index (χ3v) is 3.11. The van der Waals surface area contributed by atoms with E-state index in [4.69, 9.17) is 5.26 Å². The number of nitrogens with zero attached hydrogens (tertiary/aromatic N) is 1. The number of rotatable bonds is 7. The van der Waals surface area contributed by atoms with Crippen LogP contribution in [0.1, 0.15) is 17.9 Å². The van der Waals surface area contributed by atoms with Gasteiger partial charge in [-0.15, -0.1) is 0 Å². The van der Waals surface area contributed by atoms with E-state index in [1.807, 2.05) is 42.1 Å². The zero-order valence-corrected chi connectivity index (χ0v) is 10.5. The van der Waals surface area contributed by atoms with Gasteiger partial charge in [-0.05, 0) is 30.5 Å². The van der Waals surface area contributed by atoms with Crippen molar-refractivity contribution in [2.75, 3.05) is 25.1 Å².